The van der Waals surface area contributed by atoms with Gasteiger partial charge in [-0.3, -0.25) is 9.59 Å². The fraction of sp³-hybridized carbons (Fsp3) is 0.714. The molecule has 3 heteroatoms. The number of rotatable bonds is 3. The highest BCUT2D eigenvalue weighted by Crippen LogP contribution is 2.35. The Morgan fingerprint density at radius 2 is 1.71 bits per heavy atom. The third kappa shape index (κ3) is 3.42. The molecule has 0 saturated heterocycles. The molecule has 1 aliphatic rings. The smallest absolute Gasteiger partial charge is 0.168 e. The first-order valence-electron chi connectivity index (χ1n) is 6.24. The van der Waals surface area contributed by atoms with E-state index in [1.54, 1.807) is 7.05 Å². The summed E-state index contributed by atoms with van der Waals surface area (Å²) < 4.78 is 0. The van der Waals surface area contributed by atoms with Gasteiger partial charge >= 0.3 is 0 Å². The largest absolute Gasteiger partial charge is 0.391 e. The van der Waals surface area contributed by atoms with E-state index in [1.165, 1.54) is 0 Å². The van der Waals surface area contributed by atoms with Gasteiger partial charge in [0.05, 0.1) is 5.57 Å². The van der Waals surface area contributed by atoms with Crippen LogP contribution in [-0.4, -0.2) is 18.6 Å². The van der Waals surface area contributed by atoms with Crippen molar-refractivity contribution in [2.45, 2.75) is 47.0 Å². The van der Waals surface area contributed by atoms with Gasteiger partial charge in [0.15, 0.2) is 11.6 Å². The lowest BCUT2D eigenvalue weighted by molar-refractivity contribution is -0.127. The zero-order chi connectivity index (χ0) is 13.2. The van der Waals surface area contributed by atoms with Crippen LogP contribution in [0.4, 0.5) is 0 Å². The third-order valence-electron chi connectivity index (χ3n) is 3.05. The number of carbonyl (C=O) groups excluding carboxylic acids is 2. The Balaban J connectivity index is 3.07. The van der Waals surface area contributed by atoms with Crippen LogP contribution in [0.25, 0.3) is 0 Å². The van der Waals surface area contributed by atoms with Crippen LogP contribution in [0.15, 0.2) is 11.3 Å². The van der Waals surface area contributed by atoms with Crippen LogP contribution in [0, 0.1) is 11.3 Å². The Morgan fingerprint density at radius 3 is 2.06 bits per heavy atom. The lowest BCUT2D eigenvalue weighted by Gasteiger charge is -2.30. The standard InChI is InChI=1S/C14H23NO2/c1-9(2)6-10(15-5)13-11(16)7-14(3,4)8-12(13)17/h9,15H,6-8H2,1-5H3. The maximum Gasteiger partial charge on any atom is 0.168 e. The summed E-state index contributed by atoms with van der Waals surface area (Å²) >= 11 is 0. The second-order valence-corrected chi connectivity index (χ2v) is 6.07. The van der Waals surface area contributed by atoms with Crippen molar-refractivity contribution >= 4 is 11.6 Å². The minimum absolute atomic E-state index is 0.00347. The Bertz CT molecular complexity index is 342. The molecule has 0 atom stereocenters. The first kappa shape index (κ1) is 13.9. The van der Waals surface area contributed by atoms with Crippen molar-refractivity contribution < 1.29 is 9.59 Å². The summed E-state index contributed by atoms with van der Waals surface area (Å²) in [5.41, 5.74) is 1.04. The molecule has 3 nitrogen and oxygen atoms in total. The summed E-state index contributed by atoms with van der Waals surface area (Å²) in [6, 6.07) is 0. The van der Waals surface area contributed by atoms with Gasteiger partial charge in [0.1, 0.15) is 0 Å². The third-order valence-corrected chi connectivity index (χ3v) is 3.05. The first-order chi connectivity index (χ1) is 7.76. The minimum Gasteiger partial charge on any atom is -0.391 e. The molecule has 0 aromatic rings. The van der Waals surface area contributed by atoms with E-state index in [1.807, 2.05) is 13.8 Å². The molecule has 0 bridgehead atoms. The number of hydrogen-bond acceptors (Lipinski definition) is 3. The second-order valence-electron chi connectivity index (χ2n) is 6.07. The monoisotopic (exact) mass is 237 g/mol. The lowest BCUT2D eigenvalue weighted by atomic mass is 9.73. The van der Waals surface area contributed by atoms with Crippen molar-refractivity contribution in [2.24, 2.45) is 11.3 Å². The molecule has 1 aliphatic carbocycles. The van der Waals surface area contributed by atoms with Crippen LogP contribution in [-0.2, 0) is 9.59 Å². The molecule has 17 heavy (non-hydrogen) atoms. The first-order valence-corrected chi connectivity index (χ1v) is 6.24. The Hall–Kier alpha value is -1.12. The van der Waals surface area contributed by atoms with E-state index in [9.17, 15) is 9.59 Å². The van der Waals surface area contributed by atoms with Crippen molar-refractivity contribution in [3.8, 4) is 0 Å². The van der Waals surface area contributed by atoms with Gasteiger partial charge in [-0.05, 0) is 17.8 Å². The fourth-order valence-electron chi connectivity index (χ4n) is 2.34. The number of allylic oxidation sites excluding steroid dienone is 2. The Labute approximate surface area is 104 Å². The van der Waals surface area contributed by atoms with Crippen molar-refractivity contribution in [3.63, 3.8) is 0 Å². The topological polar surface area (TPSA) is 46.2 Å². The second kappa shape index (κ2) is 5.03. The molecule has 1 fully saturated rings. The van der Waals surface area contributed by atoms with Crippen LogP contribution >= 0.6 is 0 Å². The van der Waals surface area contributed by atoms with Crippen LogP contribution in [0.3, 0.4) is 0 Å². The average molecular weight is 237 g/mol. The molecule has 1 rings (SSSR count). The summed E-state index contributed by atoms with van der Waals surface area (Å²) in [6.07, 6.45) is 1.69. The highest BCUT2D eigenvalue weighted by atomic mass is 16.2. The molecular formula is C14H23NO2. The number of ketones is 2. The predicted molar refractivity (Wildman–Crippen MR) is 68.6 cm³/mol. The van der Waals surface area contributed by atoms with Gasteiger partial charge in [0.25, 0.3) is 0 Å². The zero-order valence-electron chi connectivity index (χ0n) is 11.5. The van der Waals surface area contributed by atoms with E-state index in [4.69, 9.17) is 0 Å². The van der Waals surface area contributed by atoms with Crippen LogP contribution < -0.4 is 5.32 Å². The summed E-state index contributed by atoms with van der Waals surface area (Å²) in [6.45, 7) is 8.11. The number of hydrogen-bond donors (Lipinski definition) is 1. The lowest BCUT2D eigenvalue weighted by Crippen LogP contribution is -2.34. The van der Waals surface area contributed by atoms with Crippen molar-refractivity contribution in [1.82, 2.24) is 5.32 Å². The van der Waals surface area contributed by atoms with Crippen molar-refractivity contribution in [3.05, 3.63) is 11.3 Å². The Kier molecular flexibility index (Phi) is 4.12. The minimum atomic E-state index is -0.186. The van der Waals surface area contributed by atoms with Gasteiger partial charge in [0.2, 0.25) is 0 Å². The zero-order valence-corrected chi connectivity index (χ0v) is 11.5. The van der Waals surface area contributed by atoms with E-state index >= 15 is 0 Å². The molecule has 1 N–H and O–H groups in total. The molecule has 0 aromatic heterocycles. The summed E-state index contributed by atoms with van der Waals surface area (Å²) in [5.74, 6) is 0.424. The molecule has 0 aromatic carbocycles. The maximum atomic E-state index is 12.1. The maximum absolute atomic E-state index is 12.1. The summed E-state index contributed by atoms with van der Waals surface area (Å²) in [7, 11) is 1.78. The quantitative estimate of drug-likeness (QED) is 0.606. The van der Waals surface area contributed by atoms with E-state index in [-0.39, 0.29) is 17.0 Å². The number of carbonyl (C=O) groups is 2. The van der Waals surface area contributed by atoms with Crippen molar-refractivity contribution in [2.75, 3.05) is 7.05 Å². The van der Waals surface area contributed by atoms with Gasteiger partial charge in [-0.15, -0.1) is 0 Å². The molecule has 1 saturated carbocycles. The highest BCUT2D eigenvalue weighted by Gasteiger charge is 2.37. The van der Waals surface area contributed by atoms with E-state index in [0.717, 1.165) is 12.1 Å². The van der Waals surface area contributed by atoms with Crippen molar-refractivity contribution in [1.29, 1.82) is 0 Å². The normalized spacial score (nSPS) is 19.8. The molecule has 0 radical (unpaired) electrons. The van der Waals surface area contributed by atoms with Gasteiger partial charge in [-0.25, -0.2) is 0 Å². The molecule has 96 valence electrons. The van der Waals surface area contributed by atoms with Gasteiger partial charge in [-0.1, -0.05) is 27.7 Å². The molecule has 0 spiro atoms. The molecule has 0 heterocycles. The van der Waals surface area contributed by atoms with Crippen LogP contribution in [0.1, 0.15) is 47.0 Å². The van der Waals surface area contributed by atoms with E-state index in [0.29, 0.717) is 24.3 Å². The van der Waals surface area contributed by atoms with Crippen LogP contribution in [0.5, 0.6) is 0 Å². The van der Waals surface area contributed by atoms with Gasteiger partial charge in [0, 0.05) is 25.6 Å². The SMILES string of the molecule is CNC(CC(C)C)=C1C(=O)CC(C)(C)CC1=O. The van der Waals surface area contributed by atoms with Gasteiger partial charge < -0.3 is 5.32 Å². The van der Waals surface area contributed by atoms with Crippen LogP contribution in [0.2, 0.25) is 0 Å². The van der Waals surface area contributed by atoms with E-state index < -0.39 is 0 Å². The molecule has 0 unspecified atom stereocenters. The molecular weight excluding hydrogens is 214 g/mol. The highest BCUT2D eigenvalue weighted by molar-refractivity contribution is 6.22. The number of nitrogens with one attached hydrogen (secondary N) is 1. The fourth-order valence-corrected chi connectivity index (χ4v) is 2.34. The summed E-state index contributed by atoms with van der Waals surface area (Å²) in [4.78, 5) is 24.2. The Morgan fingerprint density at radius 1 is 1.24 bits per heavy atom. The molecule has 0 aliphatic heterocycles. The molecule has 0 amide bonds. The average Bonchev–Trinajstić information content (AvgIpc) is 2.12. The van der Waals surface area contributed by atoms with Gasteiger partial charge in [-0.2, -0.15) is 0 Å². The number of Topliss-reactive ketones (excluding diaryl/α,β-unsaturated/α-hetero) is 2. The predicted octanol–water partition coefficient (Wildman–Crippen LogP) is 2.46. The van der Waals surface area contributed by atoms with E-state index in [2.05, 4.69) is 19.2 Å². The summed E-state index contributed by atoms with van der Waals surface area (Å²) in [5, 5.41) is 3.03.